The molecule has 0 amide bonds. The van der Waals surface area contributed by atoms with Crippen LogP contribution in [0.4, 0.5) is 4.39 Å². The third-order valence-corrected chi connectivity index (χ3v) is 6.19. The SMILES string of the molecule is CCCCCN(C)S(=O)(=O)c1ccc(S(=O)(=O)Cl)cc1F. The summed E-state index contributed by atoms with van der Waals surface area (Å²) in [5.74, 6) is -1.14. The molecule has 0 N–H and O–H groups in total. The lowest BCUT2D eigenvalue weighted by Crippen LogP contribution is -2.28. The van der Waals surface area contributed by atoms with E-state index in [-0.39, 0.29) is 6.54 Å². The van der Waals surface area contributed by atoms with Crippen molar-refractivity contribution in [2.75, 3.05) is 13.6 Å². The molecule has 1 aromatic rings. The fraction of sp³-hybridized carbons (Fsp3) is 0.500. The van der Waals surface area contributed by atoms with Crippen LogP contribution in [0, 0.1) is 5.82 Å². The summed E-state index contributed by atoms with van der Waals surface area (Å²) in [6.07, 6.45) is 2.47. The number of hydrogen-bond acceptors (Lipinski definition) is 4. The third-order valence-electron chi connectivity index (χ3n) is 2.95. The Morgan fingerprint density at radius 1 is 1.19 bits per heavy atom. The molecule has 0 heterocycles. The second-order valence-corrected chi connectivity index (χ2v) is 9.14. The molecule has 0 radical (unpaired) electrons. The number of rotatable bonds is 7. The molecular formula is C12H17ClFNO4S2. The first-order valence-corrected chi connectivity index (χ1v) is 10.1. The lowest BCUT2D eigenvalue weighted by Gasteiger charge is -2.17. The molecule has 21 heavy (non-hydrogen) atoms. The van der Waals surface area contributed by atoms with Crippen LogP contribution in [0.5, 0.6) is 0 Å². The Hall–Kier alpha value is -0.700. The van der Waals surface area contributed by atoms with E-state index in [0.29, 0.717) is 12.5 Å². The minimum atomic E-state index is -4.10. The molecule has 0 aromatic heterocycles. The molecule has 0 aliphatic carbocycles. The highest BCUT2D eigenvalue weighted by Crippen LogP contribution is 2.23. The smallest absolute Gasteiger partial charge is 0.207 e. The molecule has 0 saturated carbocycles. The van der Waals surface area contributed by atoms with Gasteiger partial charge in [-0.15, -0.1) is 0 Å². The van der Waals surface area contributed by atoms with Gasteiger partial charge < -0.3 is 0 Å². The van der Waals surface area contributed by atoms with Gasteiger partial charge in [-0.3, -0.25) is 0 Å². The molecule has 0 spiro atoms. The summed E-state index contributed by atoms with van der Waals surface area (Å²) in [5.41, 5.74) is 0. The highest BCUT2D eigenvalue weighted by atomic mass is 35.7. The van der Waals surface area contributed by atoms with Gasteiger partial charge in [0.05, 0.1) is 4.90 Å². The van der Waals surface area contributed by atoms with Crippen LogP contribution in [-0.4, -0.2) is 34.7 Å². The maximum absolute atomic E-state index is 13.9. The predicted octanol–water partition coefficient (Wildman–Crippen LogP) is 2.56. The van der Waals surface area contributed by atoms with E-state index >= 15 is 0 Å². The number of nitrogens with zero attached hydrogens (tertiary/aromatic N) is 1. The zero-order valence-corrected chi connectivity index (χ0v) is 14.1. The number of halogens is 2. The molecule has 0 fully saturated rings. The van der Waals surface area contributed by atoms with E-state index in [1.807, 2.05) is 6.92 Å². The molecule has 0 atom stereocenters. The van der Waals surface area contributed by atoms with E-state index in [1.165, 1.54) is 7.05 Å². The predicted molar refractivity (Wildman–Crippen MR) is 78.8 cm³/mol. The molecule has 0 aliphatic heterocycles. The summed E-state index contributed by atoms with van der Waals surface area (Å²) < 4.78 is 61.6. The van der Waals surface area contributed by atoms with E-state index < -0.39 is 34.7 Å². The molecule has 0 aliphatic rings. The second-order valence-electron chi connectivity index (χ2n) is 4.56. The summed E-state index contributed by atoms with van der Waals surface area (Å²) in [5, 5.41) is 0. The number of unbranched alkanes of at least 4 members (excludes halogenated alkanes) is 2. The standard InChI is InChI=1S/C12H17ClFNO4S2/c1-3-4-5-8-15(2)21(18,19)12-7-6-10(9-11(12)14)20(13,16)17/h6-7,9H,3-5,8H2,1-2H3. The van der Waals surface area contributed by atoms with Crippen molar-refractivity contribution in [2.24, 2.45) is 0 Å². The first-order chi connectivity index (χ1) is 9.60. The Labute approximate surface area is 129 Å². The average Bonchev–Trinajstić information content (AvgIpc) is 2.37. The Morgan fingerprint density at radius 2 is 1.81 bits per heavy atom. The molecule has 5 nitrogen and oxygen atoms in total. The van der Waals surface area contributed by atoms with Gasteiger partial charge in [0.15, 0.2) is 0 Å². The van der Waals surface area contributed by atoms with Gasteiger partial charge in [0.25, 0.3) is 9.05 Å². The first-order valence-electron chi connectivity index (χ1n) is 6.31. The van der Waals surface area contributed by atoms with Crippen LogP contribution in [0.3, 0.4) is 0 Å². The summed E-state index contributed by atoms with van der Waals surface area (Å²) in [6.45, 7) is 2.25. The molecule has 1 aromatic carbocycles. The Kier molecular flexibility index (Phi) is 6.15. The van der Waals surface area contributed by atoms with Crippen molar-refractivity contribution < 1.29 is 21.2 Å². The van der Waals surface area contributed by atoms with Gasteiger partial charge in [0.1, 0.15) is 10.7 Å². The Morgan fingerprint density at radius 3 is 2.29 bits per heavy atom. The van der Waals surface area contributed by atoms with Gasteiger partial charge in [-0.1, -0.05) is 19.8 Å². The second kappa shape index (κ2) is 7.04. The highest BCUT2D eigenvalue weighted by molar-refractivity contribution is 8.13. The van der Waals surface area contributed by atoms with Crippen LogP contribution in [0.25, 0.3) is 0 Å². The molecule has 120 valence electrons. The summed E-state index contributed by atoms with van der Waals surface area (Å²) in [6, 6.07) is 2.49. The van der Waals surface area contributed by atoms with Gasteiger partial charge >= 0.3 is 0 Å². The van der Waals surface area contributed by atoms with Crippen molar-refractivity contribution in [1.82, 2.24) is 4.31 Å². The van der Waals surface area contributed by atoms with Crippen molar-refractivity contribution in [3.05, 3.63) is 24.0 Å². The van der Waals surface area contributed by atoms with Crippen LogP contribution in [0.2, 0.25) is 0 Å². The van der Waals surface area contributed by atoms with E-state index in [2.05, 4.69) is 0 Å². The molecule has 0 bridgehead atoms. The van der Waals surface area contributed by atoms with Crippen LogP contribution in [-0.2, 0) is 19.1 Å². The van der Waals surface area contributed by atoms with E-state index in [4.69, 9.17) is 10.7 Å². The quantitative estimate of drug-likeness (QED) is 0.555. The minimum Gasteiger partial charge on any atom is -0.207 e. The van der Waals surface area contributed by atoms with Crippen LogP contribution >= 0.6 is 10.7 Å². The van der Waals surface area contributed by atoms with E-state index in [9.17, 15) is 21.2 Å². The van der Waals surface area contributed by atoms with Crippen molar-refractivity contribution in [3.63, 3.8) is 0 Å². The molecule has 9 heteroatoms. The zero-order chi connectivity index (χ0) is 16.3. The highest BCUT2D eigenvalue weighted by Gasteiger charge is 2.25. The Bertz CT molecular complexity index is 704. The monoisotopic (exact) mass is 357 g/mol. The zero-order valence-electron chi connectivity index (χ0n) is 11.7. The average molecular weight is 358 g/mol. The fourth-order valence-electron chi connectivity index (χ4n) is 1.71. The summed E-state index contributed by atoms with van der Waals surface area (Å²) in [4.78, 5) is -1.04. The normalized spacial score (nSPS) is 12.8. The maximum Gasteiger partial charge on any atom is 0.261 e. The van der Waals surface area contributed by atoms with Crippen molar-refractivity contribution in [2.45, 2.75) is 36.0 Å². The third kappa shape index (κ3) is 4.64. The van der Waals surface area contributed by atoms with E-state index in [0.717, 1.165) is 29.3 Å². The van der Waals surface area contributed by atoms with Gasteiger partial charge in [-0.2, -0.15) is 0 Å². The van der Waals surface area contributed by atoms with Gasteiger partial charge in [-0.05, 0) is 24.6 Å². The van der Waals surface area contributed by atoms with Crippen molar-refractivity contribution in [1.29, 1.82) is 0 Å². The molecule has 0 saturated heterocycles. The lowest BCUT2D eigenvalue weighted by atomic mass is 10.2. The van der Waals surface area contributed by atoms with Crippen molar-refractivity contribution >= 4 is 29.8 Å². The first kappa shape index (κ1) is 18.3. The minimum absolute atomic E-state index is 0.269. The number of hydrogen-bond donors (Lipinski definition) is 0. The molecule has 0 unspecified atom stereocenters. The molecule has 1 rings (SSSR count). The summed E-state index contributed by atoms with van der Waals surface area (Å²) >= 11 is 0. The van der Waals surface area contributed by atoms with Gasteiger partial charge in [-0.25, -0.2) is 25.5 Å². The van der Waals surface area contributed by atoms with Crippen LogP contribution < -0.4 is 0 Å². The fourth-order valence-corrected chi connectivity index (χ4v) is 3.73. The van der Waals surface area contributed by atoms with Gasteiger partial charge in [0, 0.05) is 24.3 Å². The number of benzene rings is 1. The van der Waals surface area contributed by atoms with E-state index in [1.54, 1.807) is 0 Å². The largest absolute Gasteiger partial charge is 0.261 e. The van der Waals surface area contributed by atoms with Crippen LogP contribution in [0.1, 0.15) is 26.2 Å². The Balaban J connectivity index is 3.09. The van der Waals surface area contributed by atoms with Gasteiger partial charge in [0.2, 0.25) is 10.0 Å². The summed E-state index contributed by atoms with van der Waals surface area (Å²) in [7, 11) is -1.65. The molecular weight excluding hydrogens is 341 g/mol. The van der Waals surface area contributed by atoms with Crippen LogP contribution in [0.15, 0.2) is 28.0 Å². The maximum atomic E-state index is 13.9. The number of sulfonamides is 1. The lowest BCUT2D eigenvalue weighted by molar-refractivity contribution is 0.448. The topological polar surface area (TPSA) is 71.5 Å². The van der Waals surface area contributed by atoms with Crippen molar-refractivity contribution in [3.8, 4) is 0 Å².